The van der Waals surface area contributed by atoms with Gasteiger partial charge in [0.2, 0.25) is 5.89 Å². The minimum Gasteiger partial charge on any atom is -0.356 e. The second-order valence-corrected chi connectivity index (χ2v) is 7.68. The normalized spacial score (nSPS) is 22.4. The van der Waals surface area contributed by atoms with Crippen molar-refractivity contribution in [1.82, 2.24) is 29.9 Å². The standard InChI is InChI=1S/C20H16FN7O2/c21-11-3-5-23-16(6-11)27-8-13-14(9-27)18(13)19-25-17(30-26-19)10-28-20(29)12-2-1-4-22-15(12)7-24-28/h1-7,13-14,18H,8-10H2/t13-,14+,18-. The Kier molecular flexibility index (Phi) is 3.67. The first kappa shape index (κ1) is 17.2. The summed E-state index contributed by atoms with van der Waals surface area (Å²) >= 11 is 0. The highest BCUT2D eigenvalue weighted by molar-refractivity contribution is 5.75. The summed E-state index contributed by atoms with van der Waals surface area (Å²) in [6, 6.07) is 6.23. The second-order valence-electron chi connectivity index (χ2n) is 7.68. The van der Waals surface area contributed by atoms with Crippen LogP contribution in [0.15, 0.2) is 52.2 Å². The third-order valence-corrected chi connectivity index (χ3v) is 5.92. The topological polar surface area (TPSA) is 103 Å². The fourth-order valence-corrected chi connectivity index (χ4v) is 4.39. The van der Waals surface area contributed by atoms with Gasteiger partial charge in [0.25, 0.3) is 5.56 Å². The van der Waals surface area contributed by atoms with E-state index in [0.717, 1.165) is 13.1 Å². The molecule has 30 heavy (non-hydrogen) atoms. The summed E-state index contributed by atoms with van der Waals surface area (Å²) in [5.41, 5.74) is 0.301. The van der Waals surface area contributed by atoms with Gasteiger partial charge in [-0.3, -0.25) is 9.78 Å². The highest BCUT2D eigenvalue weighted by Crippen LogP contribution is 2.57. The zero-order valence-corrected chi connectivity index (χ0v) is 15.7. The predicted octanol–water partition coefficient (Wildman–Crippen LogP) is 1.61. The lowest BCUT2D eigenvalue weighted by molar-refractivity contribution is 0.358. The van der Waals surface area contributed by atoms with Crippen molar-refractivity contribution in [2.45, 2.75) is 12.5 Å². The van der Waals surface area contributed by atoms with Crippen molar-refractivity contribution in [2.75, 3.05) is 18.0 Å². The van der Waals surface area contributed by atoms with E-state index in [9.17, 15) is 9.18 Å². The van der Waals surface area contributed by atoms with E-state index >= 15 is 0 Å². The minimum absolute atomic E-state index is 0.109. The summed E-state index contributed by atoms with van der Waals surface area (Å²) in [6.45, 7) is 1.68. The molecule has 0 unspecified atom stereocenters. The summed E-state index contributed by atoms with van der Waals surface area (Å²) in [7, 11) is 0. The summed E-state index contributed by atoms with van der Waals surface area (Å²) in [4.78, 5) is 27.5. The molecule has 5 heterocycles. The minimum atomic E-state index is -0.284. The van der Waals surface area contributed by atoms with Crippen LogP contribution in [-0.4, -0.2) is 43.0 Å². The molecule has 0 amide bonds. The molecule has 9 nitrogen and oxygen atoms in total. The molecule has 3 atom stereocenters. The average Bonchev–Trinajstić information content (AvgIpc) is 3.10. The molecule has 0 spiro atoms. The molecule has 4 aromatic rings. The first-order valence-corrected chi connectivity index (χ1v) is 9.67. The largest absolute Gasteiger partial charge is 0.356 e. The lowest BCUT2D eigenvalue weighted by atomic mass is 10.2. The Bertz CT molecular complexity index is 1310. The average molecular weight is 405 g/mol. The zero-order valence-electron chi connectivity index (χ0n) is 15.7. The van der Waals surface area contributed by atoms with Gasteiger partial charge in [-0.25, -0.2) is 14.1 Å². The fraction of sp³-hybridized carbons (Fsp3) is 0.300. The maximum Gasteiger partial charge on any atom is 0.276 e. The van der Waals surface area contributed by atoms with Crippen LogP contribution in [0.5, 0.6) is 0 Å². The summed E-state index contributed by atoms with van der Waals surface area (Å²) < 4.78 is 20.1. The molecule has 1 saturated carbocycles. The number of fused-ring (bicyclic) bond motifs is 2. The van der Waals surface area contributed by atoms with Crippen LogP contribution in [0.2, 0.25) is 0 Å². The lowest BCUT2D eigenvalue weighted by Gasteiger charge is -2.20. The molecule has 150 valence electrons. The number of piperidine rings is 1. The van der Waals surface area contributed by atoms with E-state index in [2.05, 4.69) is 30.1 Å². The van der Waals surface area contributed by atoms with Crippen molar-refractivity contribution < 1.29 is 8.91 Å². The summed E-state index contributed by atoms with van der Waals surface area (Å²) in [5, 5.41) is 8.77. The predicted molar refractivity (Wildman–Crippen MR) is 103 cm³/mol. The van der Waals surface area contributed by atoms with Crippen LogP contribution in [0.3, 0.4) is 0 Å². The number of hydrogen-bond donors (Lipinski definition) is 0. The molecule has 1 saturated heterocycles. The molecule has 1 aliphatic heterocycles. The van der Waals surface area contributed by atoms with E-state index < -0.39 is 0 Å². The maximum atomic E-state index is 13.4. The van der Waals surface area contributed by atoms with Gasteiger partial charge in [-0.15, -0.1) is 0 Å². The number of hydrogen-bond acceptors (Lipinski definition) is 8. The number of anilines is 1. The lowest BCUT2D eigenvalue weighted by Crippen LogP contribution is -2.25. The summed E-state index contributed by atoms with van der Waals surface area (Å²) in [5.74, 6) is 2.39. The van der Waals surface area contributed by atoms with Gasteiger partial charge in [0.1, 0.15) is 18.2 Å². The monoisotopic (exact) mass is 405 g/mol. The Labute approximate surface area is 169 Å². The summed E-state index contributed by atoms with van der Waals surface area (Å²) in [6.07, 6.45) is 4.65. The Balaban J connectivity index is 1.16. The molecule has 0 N–H and O–H groups in total. The number of rotatable bonds is 4. The van der Waals surface area contributed by atoms with Crippen molar-refractivity contribution in [2.24, 2.45) is 11.8 Å². The third kappa shape index (κ3) is 2.75. The van der Waals surface area contributed by atoms with E-state index in [1.54, 1.807) is 24.5 Å². The van der Waals surface area contributed by atoms with Gasteiger partial charge >= 0.3 is 0 Å². The van der Waals surface area contributed by atoms with Crippen LogP contribution in [0, 0.1) is 17.7 Å². The molecule has 2 aliphatic rings. The first-order valence-electron chi connectivity index (χ1n) is 9.67. The Morgan fingerprint density at radius 2 is 2.03 bits per heavy atom. The van der Waals surface area contributed by atoms with Crippen molar-refractivity contribution in [3.63, 3.8) is 0 Å². The molecule has 1 aliphatic carbocycles. The van der Waals surface area contributed by atoms with Crippen LogP contribution in [0.1, 0.15) is 17.6 Å². The van der Waals surface area contributed by atoms with Gasteiger partial charge in [0.15, 0.2) is 5.82 Å². The van der Waals surface area contributed by atoms with Crippen LogP contribution in [0.4, 0.5) is 10.2 Å². The van der Waals surface area contributed by atoms with E-state index in [0.29, 0.717) is 40.3 Å². The van der Waals surface area contributed by atoms with Crippen LogP contribution >= 0.6 is 0 Å². The van der Waals surface area contributed by atoms with Crippen molar-refractivity contribution in [3.8, 4) is 0 Å². The van der Waals surface area contributed by atoms with Gasteiger partial charge < -0.3 is 9.42 Å². The van der Waals surface area contributed by atoms with E-state index in [-0.39, 0.29) is 23.8 Å². The van der Waals surface area contributed by atoms with Gasteiger partial charge in [-0.05, 0) is 30.0 Å². The highest BCUT2D eigenvalue weighted by Gasteiger charge is 2.58. The van der Waals surface area contributed by atoms with Crippen LogP contribution in [0.25, 0.3) is 10.9 Å². The van der Waals surface area contributed by atoms with Gasteiger partial charge in [0.05, 0.1) is 17.1 Å². The first-order chi connectivity index (χ1) is 14.7. The van der Waals surface area contributed by atoms with Crippen molar-refractivity contribution in [1.29, 1.82) is 0 Å². The van der Waals surface area contributed by atoms with E-state index in [4.69, 9.17) is 4.52 Å². The van der Waals surface area contributed by atoms with Gasteiger partial charge in [-0.1, -0.05) is 5.16 Å². The molecule has 0 radical (unpaired) electrons. The molecule has 6 rings (SSSR count). The molecule has 2 fully saturated rings. The zero-order chi connectivity index (χ0) is 20.2. The number of aromatic nitrogens is 6. The SMILES string of the molecule is O=c1c2cccnc2cnn1Cc1nc([C@@H]2[C@@H]3CN(c4cc(F)ccn4)C[C@@H]32)no1. The molecular formula is C20H16FN7O2. The Morgan fingerprint density at radius 1 is 1.17 bits per heavy atom. The van der Waals surface area contributed by atoms with Crippen molar-refractivity contribution in [3.05, 3.63) is 70.7 Å². The van der Waals surface area contributed by atoms with E-state index in [1.165, 1.54) is 23.0 Å². The number of nitrogens with zero attached hydrogens (tertiary/aromatic N) is 7. The molecular weight excluding hydrogens is 389 g/mol. The smallest absolute Gasteiger partial charge is 0.276 e. The quantitative estimate of drug-likeness (QED) is 0.505. The van der Waals surface area contributed by atoms with Crippen molar-refractivity contribution >= 4 is 16.7 Å². The maximum absolute atomic E-state index is 13.4. The molecule has 10 heteroatoms. The number of halogens is 1. The molecule has 0 bridgehead atoms. The highest BCUT2D eigenvalue weighted by atomic mass is 19.1. The molecule has 0 aromatic carbocycles. The second kappa shape index (κ2) is 6.41. The number of pyridine rings is 2. The van der Waals surface area contributed by atoms with Crippen LogP contribution < -0.4 is 10.5 Å². The molecule has 4 aromatic heterocycles. The van der Waals surface area contributed by atoms with E-state index in [1.807, 2.05) is 0 Å². The fourth-order valence-electron chi connectivity index (χ4n) is 4.39. The Hall–Kier alpha value is -3.69. The third-order valence-electron chi connectivity index (χ3n) is 5.92. The Morgan fingerprint density at radius 3 is 2.87 bits per heavy atom. The van der Waals surface area contributed by atoms with Gasteiger partial charge in [-0.2, -0.15) is 10.1 Å². The van der Waals surface area contributed by atoms with Gasteiger partial charge in [0, 0.05) is 37.5 Å². The van der Waals surface area contributed by atoms with Crippen LogP contribution in [-0.2, 0) is 6.54 Å².